The van der Waals surface area contributed by atoms with Crippen LogP contribution in [0.15, 0.2) is 66.9 Å². The third kappa shape index (κ3) is 5.51. The summed E-state index contributed by atoms with van der Waals surface area (Å²) in [6, 6.07) is 19.2. The van der Waals surface area contributed by atoms with E-state index in [1.165, 1.54) is 48.2 Å². The smallest absolute Gasteiger partial charge is 0.254 e. The predicted octanol–water partition coefficient (Wildman–Crippen LogP) is 6.15. The van der Waals surface area contributed by atoms with Crippen molar-refractivity contribution in [1.82, 2.24) is 14.8 Å². The molecular weight excluding hydrogens is 437 g/mol. The van der Waals surface area contributed by atoms with Crippen molar-refractivity contribution in [3.05, 3.63) is 95.1 Å². The number of carbonyl (C=O) groups is 1. The maximum Gasteiger partial charge on any atom is 0.254 e. The fourth-order valence-electron chi connectivity index (χ4n) is 6.14. The van der Waals surface area contributed by atoms with Crippen molar-refractivity contribution < 1.29 is 9.18 Å². The fraction of sp³-hybridized carbons (Fsp3) is 0.433. The molecule has 0 spiro atoms. The third-order valence-corrected chi connectivity index (χ3v) is 7.96. The lowest BCUT2D eigenvalue weighted by molar-refractivity contribution is 0.0587. The number of carbonyl (C=O) groups excluding carboxylic acids is 1. The number of nitrogens with zero attached hydrogens (tertiary/aromatic N) is 2. The Kier molecular flexibility index (Phi) is 7.33. The first-order chi connectivity index (χ1) is 17.1. The Labute approximate surface area is 208 Å². The molecule has 2 heterocycles. The zero-order valence-corrected chi connectivity index (χ0v) is 20.6. The number of halogens is 1. The summed E-state index contributed by atoms with van der Waals surface area (Å²) in [4.78, 5) is 21.8. The first-order valence-electron chi connectivity index (χ1n) is 13.0. The average Bonchev–Trinajstić information content (AvgIpc) is 3.53. The van der Waals surface area contributed by atoms with E-state index in [0.717, 1.165) is 39.0 Å². The van der Waals surface area contributed by atoms with E-state index in [1.54, 1.807) is 12.1 Å². The van der Waals surface area contributed by atoms with Crippen LogP contribution in [0, 0.1) is 18.7 Å². The van der Waals surface area contributed by atoms with Gasteiger partial charge in [0.25, 0.3) is 5.91 Å². The zero-order valence-electron chi connectivity index (χ0n) is 20.6. The highest BCUT2D eigenvalue weighted by Gasteiger charge is 2.38. The summed E-state index contributed by atoms with van der Waals surface area (Å²) in [7, 11) is 0. The Morgan fingerprint density at radius 2 is 1.77 bits per heavy atom. The van der Waals surface area contributed by atoms with Gasteiger partial charge in [-0.25, -0.2) is 4.39 Å². The number of hydrogen-bond acceptors (Lipinski definition) is 2. The van der Waals surface area contributed by atoms with E-state index in [1.807, 2.05) is 12.3 Å². The van der Waals surface area contributed by atoms with Crippen molar-refractivity contribution in [3.8, 4) is 0 Å². The van der Waals surface area contributed by atoms with Crippen molar-refractivity contribution in [1.29, 1.82) is 0 Å². The van der Waals surface area contributed by atoms with E-state index in [2.05, 4.69) is 52.0 Å². The first-order valence-corrected chi connectivity index (χ1v) is 13.0. The number of nitrogens with one attached hydrogen (secondary N) is 1. The lowest BCUT2D eigenvalue weighted by Gasteiger charge is -2.37. The molecule has 4 nitrogen and oxygen atoms in total. The molecule has 1 aromatic heterocycles. The van der Waals surface area contributed by atoms with Gasteiger partial charge < -0.3 is 9.88 Å². The number of rotatable bonds is 7. The molecule has 2 fully saturated rings. The molecule has 2 aliphatic rings. The molecule has 1 saturated carbocycles. The van der Waals surface area contributed by atoms with Gasteiger partial charge in [0.05, 0.1) is 0 Å². The Morgan fingerprint density at radius 3 is 2.49 bits per heavy atom. The van der Waals surface area contributed by atoms with Gasteiger partial charge in [-0.05, 0) is 73.2 Å². The van der Waals surface area contributed by atoms with Crippen LogP contribution in [0.25, 0.3) is 0 Å². The lowest BCUT2D eigenvalue weighted by Crippen LogP contribution is -2.45. The SMILES string of the molecule is Cc1ccccc1C1CN(Cc2ccc[nH]2)CC1CN(C(=O)c1ccc(F)cc1)C1CCCCC1. The summed E-state index contributed by atoms with van der Waals surface area (Å²) < 4.78 is 13.6. The van der Waals surface area contributed by atoms with Crippen LogP contribution in [0.2, 0.25) is 0 Å². The van der Waals surface area contributed by atoms with Gasteiger partial charge in [0, 0.05) is 55.6 Å². The minimum atomic E-state index is -0.305. The molecule has 0 bridgehead atoms. The Balaban J connectivity index is 1.43. The van der Waals surface area contributed by atoms with Gasteiger partial charge in [0.2, 0.25) is 0 Å². The number of aromatic amines is 1. The van der Waals surface area contributed by atoms with Gasteiger partial charge in [0.1, 0.15) is 5.82 Å². The van der Waals surface area contributed by atoms with Crippen molar-refractivity contribution in [2.75, 3.05) is 19.6 Å². The normalized spacial score (nSPS) is 21.3. The Morgan fingerprint density at radius 1 is 1.00 bits per heavy atom. The van der Waals surface area contributed by atoms with Crippen LogP contribution in [-0.2, 0) is 6.54 Å². The summed E-state index contributed by atoms with van der Waals surface area (Å²) >= 11 is 0. The standard InChI is InChI=1S/C30H36FN3O/c1-22-8-5-6-12-28(22)29-21-33(20-26-9-7-17-32-26)18-24(29)19-34(27-10-3-2-4-11-27)30(35)23-13-15-25(31)16-14-23/h5-9,12-17,24,27,29,32H,2-4,10-11,18-21H2,1H3. The van der Waals surface area contributed by atoms with Gasteiger partial charge in [-0.1, -0.05) is 43.5 Å². The van der Waals surface area contributed by atoms with Crippen molar-refractivity contribution in [2.24, 2.45) is 5.92 Å². The molecule has 2 aromatic carbocycles. The second-order valence-electron chi connectivity index (χ2n) is 10.4. The Hall–Kier alpha value is -2.92. The quantitative estimate of drug-likeness (QED) is 0.447. The molecule has 0 radical (unpaired) electrons. The maximum absolute atomic E-state index is 13.8. The van der Waals surface area contributed by atoms with Gasteiger partial charge in [-0.2, -0.15) is 0 Å². The minimum Gasteiger partial charge on any atom is -0.364 e. The second-order valence-corrected chi connectivity index (χ2v) is 10.4. The molecule has 2 atom stereocenters. The molecule has 1 amide bonds. The number of benzene rings is 2. The summed E-state index contributed by atoms with van der Waals surface area (Å²) in [5.41, 5.74) is 4.52. The predicted molar refractivity (Wildman–Crippen MR) is 138 cm³/mol. The number of aromatic nitrogens is 1. The van der Waals surface area contributed by atoms with E-state index >= 15 is 0 Å². The summed E-state index contributed by atoms with van der Waals surface area (Å²) in [6.07, 6.45) is 7.68. The van der Waals surface area contributed by atoms with E-state index < -0.39 is 0 Å². The molecule has 1 aliphatic heterocycles. The van der Waals surface area contributed by atoms with Crippen molar-refractivity contribution in [2.45, 2.75) is 57.5 Å². The highest BCUT2D eigenvalue weighted by molar-refractivity contribution is 5.94. The molecule has 1 aliphatic carbocycles. The molecule has 1 saturated heterocycles. The largest absolute Gasteiger partial charge is 0.364 e. The van der Waals surface area contributed by atoms with Crippen LogP contribution >= 0.6 is 0 Å². The number of aryl methyl sites for hydroxylation is 1. The molecule has 5 rings (SSSR count). The number of hydrogen-bond donors (Lipinski definition) is 1. The van der Waals surface area contributed by atoms with Crippen LogP contribution in [0.5, 0.6) is 0 Å². The highest BCUT2D eigenvalue weighted by Crippen LogP contribution is 2.37. The van der Waals surface area contributed by atoms with Crippen LogP contribution in [0.3, 0.4) is 0 Å². The zero-order chi connectivity index (χ0) is 24.2. The van der Waals surface area contributed by atoms with E-state index in [0.29, 0.717) is 17.4 Å². The summed E-state index contributed by atoms with van der Waals surface area (Å²) in [5, 5.41) is 0. The number of amides is 1. The average molecular weight is 474 g/mol. The lowest BCUT2D eigenvalue weighted by atomic mass is 9.85. The summed E-state index contributed by atoms with van der Waals surface area (Å²) in [6.45, 7) is 5.76. The third-order valence-electron chi connectivity index (χ3n) is 7.96. The van der Waals surface area contributed by atoms with E-state index in [-0.39, 0.29) is 17.8 Å². The molecule has 184 valence electrons. The van der Waals surface area contributed by atoms with Crippen LogP contribution < -0.4 is 0 Å². The van der Waals surface area contributed by atoms with Crippen LogP contribution in [0.4, 0.5) is 4.39 Å². The topological polar surface area (TPSA) is 39.3 Å². The Bertz CT molecular complexity index is 1100. The molecule has 3 aromatic rings. The molecule has 35 heavy (non-hydrogen) atoms. The molecule has 1 N–H and O–H groups in total. The first kappa shape index (κ1) is 23.8. The van der Waals surface area contributed by atoms with Gasteiger partial charge in [-0.3, -0.25) is 9.69 Å². The van der Waals surface area contributed by atoms with Crippen molar-refractivity contribution in [3.63, 3.8) is 0 Å². The maximum atomic E-state index is 13.8. The van der Waals surface area contributed by atoms with Crippen molar-refractivity contribution >= 4 is 5.91 Å². The van der Waals surface area contributed by atoms with E-state index in [4.69, 9.17) is 0 Å². The van der Waals surface area contributed by atoms with Crippen LogP contribution in [-0.4, -0.2) is 46.4 Å². The van der Waals surface area contributed by atoms with E-state index in [9.17, 15) is 9.18 Å². The summed E-state index contributed by atoms with van der Waals surface area (Å²) in [5.74, 6) is 0.458. The fourth-order valence-corrected chi connectivity index (χ4v) is 6.14. The highest BCUT2D eigenvalue weighted by atomic mass is 19.1. The second kappa shape index (κ2) is 10.8. The minimum absolute atomic E-state index is 0.0447. The number of likely N-dealkylation sites (tertiary alicyclic amines) is 1. The molecular formula is C30H36FN3O. The number of H-pyrrole nitrogens is 1. The van der Waals surface area contributed by atoms with Gasteiger partial charge in [0.15, 0.2) is 0 Å². The van der Waals surface area contributed by atoms with Gasteiger partial charge >= 0.3 is 0 Å². The van der Waals surface area contributed by atoms with Crippen LogP contribution in [0.1, 0.15) is 65.2 Å². The molecule has 5 heteroatoms. The van der Waals surface area contributed by atoms with Gasteiger partial charge in [-0.15, -0.1) is 0 Å². The monoisotopic (exact) mass is 473 g/mol. The molecule has 2 unspecified atom stereocenters.